The van der Waals surface area contributed by atoms with Gasteiger partial charge >= 0.3 is 0 Å². The molecule has 1 nitrogen and oxygen atoms in total. The van der Waals surface area contributed by atoms with Crippen molar-refractivity contribution in [1.29, 1.82) is 0 Å². The van der Waals surface area contributed by atoms with Crippen molar-refractivity contribution in [2.45, 2.75) is 30.0 Å². The average Bonchev–Trinajstić information content (AvgIpc) is 2.42. The quantitative estimate of drug-likeness (QED) is 0.809. The highest BCUT2D eigenvalue weighted by molar-refractivity contribution is 8.00. The van der Waals surface area contributed by atoms with E-state index in [1.54, 1.807) is 23.9 Å². The Hall–Kier alpha value is -1.32. The highest BCUT2D eigenvalue weighted by atomic mass is 32.2. The molecule has 0 aromatic heterocycles. The summed E-state index contributed by atoms with van der Waals surface area (Å²) in [5.41, 5.74) is 2.52. The van der Waals surface area contributed by atoms with E-state index in [0.29, 0.717) is 5.25 Å². The summed E-state index contributed by atoms with van der Waals surface area (Å²) in [6, 6.07) is 15.6. The van der Waals surface area contributed by atoms with Crippen molar-refractivity contribution in [1.82, 2.24) is 5.32 Å². The summed E-state index contributed by atoms with van der Waals surface area (Å²) < 4.78 is 13.2. The second kappa shape index (κ2) is 6.91. The van der Waals surface area contributed by atoms with Crippen LogP contribution in [0.1, 0.15) is 24.1 Å². The van der Waals surface area contributed by atoms with E-state index >= 15 is 0 Å². The molecule has 2 aromatic rings. The summed E-state index contributed by atoms with van der Waals surface area (Å²) in [7, 11) is 1.97. The number of thioether (sulfide) groups is 1. The zero-order chi connectivity index (χ0) is 14.5. The average molecular weight is 289 g/mol. The van der Waals surface area contributed by atoms with Crippen molar-refractivity contribution >= 4 is 11.8 Å². The molecule has 0 radical (unpaired) electrons. The van der Waals surface area contributed by atoms with Gasteiger partial charge in [0, 0.05) is 16.2 Å². The van der Waals surface area contributed by atoms with Gasteiger partial charge in [-0.05, 0) is 37.7 Å². The highest BCUT2D eigenvalue weighted by Crippen LogP contribution is 2.32. The predicted octanol–water partition coefficient (Wildman–Crippen LogP) is 4.58. The third-order valence-corrected chi connectivity index (χ3v) is 4.50. The molecule has 3 heteroatoms. The van der Waals surface area contributed by atoms with Gasteiger partial charge in [-0.2, -0.15) is 0 Å². The number of nitrogens with one attached hydrogen (secondary N) is 1. The van der Waals surface area contributed by atoms with Gasteiger partial charge < -0.3 is 5.32 Å². The Morgan fingerprint density at radius 2 is 1.80 bits per heavy atom. The lowest BCUT2D eigenvalue weighted by atomic mass is 10.0. The molecule has 2 atom stereocenters. The van der Waals surface area contributed by atoms with Crippen LogP contribution in [0.25, 0.3) is 0 Å². The van der Waals surface area contributed by atoms with Crippen LogP contribution in [0.5, 0.6) is 0 Å². The van der Waals surface area contributed by atoms with Crippen LogP contribution in [0.15, 0.2) is 53.4 Å². The Kier molecular flexibility index (Phi) is 5.21. The van der Waals surface area contributed by atoms with Crippen LogP contribution in [-0.2, 0) is 0 Å². The van der Waals surface area contributed by atoms with Gasteiger partial charge in [-0.3, -0.25) is 0 Å². The van der Waals surface area contributed by atoms with Gasteiger partial charge in [-0.1, -0.05) is 42.8 Å². The Morgan fingerprint density at radius 1 is 1.10 bits per heavy atom. The first-order chi connectivity index (χ1) is 9.60. The van der Waals surface area contributed by atoms with Crippen LogP contribution in [0.4, 0.5) is 4.39 Å². The second-order valence-corrected chi connectivity index (χ2v) is 6.41. The van der Waals surface area contributed by atoms with Gasteiger partial charge in [-0.15, -0.1) is 11.8 Å². The molecule has 0 fully saturated rings. The number of halogens is 1. The molecule has 0 saturated carbocycles. The molecule has 1 N–H and O–H groups in total. The largest absolute Gasteiger partial charge is 0.312 e. The Labute approximate surface area is 124 Å². The maximum absolute atomic E-state index is 13.2. The van der Waals surface area contributed by atoms with E-state index in [2.05, 4.69) is 43.4 Å². The van der Waals surface area contributed by atoms with E-state index in [-0.39, 0.29) is 11.9 Å². The second-order valence-electron chi connectivity index (χ2n) is 4.96. The normalized spacial score (nSPS) is 14.0. The van der Waals surface area contributed by atoms with Crippen molar-refractivity contribution in [3.63, 3.8) is 0 Å². The van der Waals surface area contributed by atoms with Gasteiger partial charge in [0.05, 0.1) is 0 Å². The zero-order valence-electron chi connectivity index (χ0n) is 12.1. The van der Waals surface area contributed by atoms with Crippen LogP contribution in [0.2, 0.25) is 0 Å². The molecular formula is C17H20FNS. The van der Waals surface area contributed by atoms with E-state index in [1.807, 2.05) is 13.1 Å². The first-order valence-corrected chi connectivity index (χ1v) is 7.64. The number of benzene rings is 2. The summed E-state index contributed by atoms with van der Waals surface area (Å²) in [6.45, 7) is 4.25. The van der Waals surface area contributed by atoms with Crippen molar-refractivity contribution in [2.24, 2.45) is 0 Å². The Morgan fingerprint density at radius 3 is 2.40 bits per heavy atom. The molecule has 106 valence electrons. The minimum atomic E-state index is -0.182. The maximum atomic E-state index is 13.2. The lowest BCUT2D eigenvalue weighted by Crippen LogP contribution is -2.25. The monoisotopic (exact) mass is 289 g/mol. The molecule has 0 bridgehead atoms. The van der Waals surface area contributed by atoms with Crippen LogP contribution < -0.4 is 5.32 Å². The molecule has 2 unspecified atom stereocenters. The van der Waals surface area contributed by atoms with Gasteiger partial charge in [0.15, 0.2) is 0 Å². The minimum Gasteiger partial charge on any atom is -0.312 e. The summed E-state index contributed by atoms with van der Waals surface area (Å²) in [6.07, 6.45) is 0. The lowest BCUT2D eigenvalue weighted by molar-refractivity contribution is 0.588. The molecule has 0 aliphatic heterocycles. The summed E-state index contributed by atoms with van der Waals surface area (Å²) in [4.78, 5) is 0.963. The molecule has 0 spiro atoms. The van der Waals surface area contributed by atoms with E-state index in [0.717, 1.165) is 4.90 Å². The summed E-state index contributed by atoms with van der Waals surface area (Å²) in [5.74, 6) is -0.182. The van der Waals surface area contributed by atoms with Crippen LogP contribution in [-0.4, -0.2) is 12.3 Å². The number of rotatable bonds is 5. The van der Waals surface area contributed by atoms with Crippen molar-refractivity contribution in [3.05, 3.63) is 65.5 Å². The van der Waals surface area contributed by atoms with Crippen molar-refractivity contribution in [2.75, 3.05) is 7.05 Å². The van der Waals surface area contributed by atoms with E-state index in [4.69, 9.17) is 0 Å². The lowest BCUT2D eigenvalue weighted by Gasteiger charge is -2.24. The molecule has 0 amide bonds. The fourth-order valence-electron chi connectivity index (χ4n) is 2.27. The topological polar surface area (TPSA) is 12.0 Å². The third kappa shape index (κ3) is 3.84. The Balaban J connectivity index is 2.13. The molecule has 2 rings (SSSR count). The van der Waals surface area contributed by atoms with Crippen LogP contribution >= 0.6 is 11.8 Å². The van der Waals surface area contributed by atoms with E-state index < -0.39 is 0 Å². The molecule has 0 aliphatic carbocycles. The SMILES string of the molecule is CNC(c1ccc(C)cc1)C(C)Sc1cccc(F)c1. The van der Waals surface area contributed by atoms with Gasteiger partial charge in [0.2, 0.25) is 0 Å². The summed E-state index contributed by atoms with van der Waals surface area (Å²) in [5, 5.41) is 3.67. The first-order valence-electron chi connectivity index (χ1n) is 6.76. The molecule has 0 heterocycles. The highest BCUT2D eigenvalue weighted by Gasteiger charge is 2.18. The fourth-order valence-corrected chi connectivity index (χ4v) is 3.47. The predicted molar refractivity (Wildman–Crippen MR) is 84.7 cm³/mol. The molecule has 2 aromatic carbocycles. The molecule has 0 aliphatic rings. The first kappa shape index (κ1) is 15.1. The van der Waals surface area contributed by atoms with E-state index in [1.165, 1.54) is 17.2 Å². The standard InChI is InChI=1S/C17H20FNS/c1-12-7-9-14(10-8-12)17(19-3)13(2)20-16-6-4-5-15(18)11-16/h4-11,13,17,19H,1-3H3. The molecular weight excluding hydrogens is 269 g/mol. The maximum Gasteiger partial charge on any atom is 0.124 e. The number of aryl methyl sites for hydroxylation is 1. The van der Waals surface area contributed by atoms with Crippen molar-refractivity contribution < 1.29 is 4.39 Å². The smallest absolute Gasteiger partial charge is 0.124 e. The van der Waals surface area contributed by atoms with Crippen molar-refractivity contribution in [3.8, 4) is 0 Å². The van der Waals surface area contributed by atoms with E-state index in [9.17, 15) is 4.39 Å². The van der Waals surface area contributed by atoms with Crippen LogP contribution in [0.3, 0.4) is 0 Å². The van der Waals surface area contributed by atoms with Gasteiger partial charge in [0.25, 0.3) is 0 Å². The zero-order valence-corrected chi connectivity index (χ0v) is 12.9. The number of hydrogen-bond donors (Lipinski definition) is 1. The van der Waals surface area contributed by atoms with Gasteiger partial charge in [0.1, 0.15) is 5.82 Å². The third-order valence-electron chi connectivity index (χ3n) is 3.33. The summed E-state index contributed by atoms with van der Waals surface area (Å²) >= 11 is 1.69. The van der Waals surface area contributed by atoms with Gasteiger partial charge in [-0.25, -0.2) is 4.39 Å². The minimum absolute atomic E-state index is 0.182. The Bertz CT molecular complexity index is 553. The van der Waals surface area contributed by atoms with Crippen LogP contribution in [0, 0.1) is 12.7 Å². The number of hydrogen-bond acceptors (Lipinski definition) is 2. The fraction of sp³-hybridized carbons (Fsp3) is 0.294. The molecule has 20 heavy (non-hydrogen) atoms. The molecule has 0 saturated heterocycles.